The first-order valence-electron chi connectivity index (χ1n) is 6.24. The summed E-state index contributed by atoms with van der Waals surface area (Å²) < 4.78 is 0. The highest BCUT2D eigenvalue weighted by Gasteiger charge is 2.21. The normalized spacial score (nSPS) is 12.0. The lowest BCUT2D eigenvalue weighted by molar-refractivity contribution is -0.142. The molecular formula is C14H20N2O3. The molecule has 0 fully saturated rings. The van der Waals surface area contributed by atoms with Crippen LogP contribution in [0, 0.1) is 18.8 Å². The van der Waals surface area contributed by atoms with Crippen LogP contribution in [-0.2, 0) is 4.79 Å². The average Bonchev–Trinajstić information content (AvgIpc) is 2.27. The van der Waals surface area contributed by atoms with Crippen LogP contribution in [0.15, 0.2) is 24.3 Å². The van der Waals surface area contributed by atoms with Crippen LogP contribution in [-0.4, -0.2) is 23.7 Å². The molecule has 2 amide bonds. The Labute approximate surface area is 113 Å². The van der Waals surface area contributed by atoms with Crippen LogP contribution in [0.4, 0.5) is 10.5 Å². The Kier molecular flexibility index (Phi) is 5.36. The van der Waals surface area contributed by atoms with Crippen molar-refractivity contribution in [1.29, 1.82) is 0 Å². The van der Waals surface area contributed by atoms with Crippen LogP contribution >= 0.6 is 0 Å². The van der Waals surface area contributed by atoms with Gasteiger partial charge in [0.25, 0.3) is 0 Å². The summed E-state index contributed by atoms with van der Waals surface area (Å²) in [6.45, 7) is 5.69. The standard InChI is InChI=1S/C14H20N2O3/c1-9(2)12(13(17)18)8-15-14(19)16-11-6-4-5-10(3)7-11/h4-7,9,12H,8H2,1-3H3,(H,17,18)(H2,15,16,19). The molecule has 1 aromatic carbocycles. The molecule has 0 spiro atoms. The van der Waals surface area contributed by atoms with Gasteiger partial charge in [0.15, 0.2) is 0 Å². The van der Waals surface area contributed by atoms with Gasteiger partial charge < -0.3 is 15.7 Å². The number of anilines is 1. The van der Waals surface area contributed by atoms with E-state index in [1.165, 1.54) is 0 Å². The number of carboxylic acids is 1. The van der Waals surface area contributed by atoms with Gasteiger partial charge in [0.1, 0.15) is 0 Å². The topological polar surface area (TPSA) is 78.4 Å². The van der Waals surface area contributed by atoms with E-state index < -0.39 is 17.9 Å². The molecule has 0 radical (unpaired) electrons. The third-order valence-electron chi connectivity index (χ3n) is 2.88. The molecule has 1 rings (SSSR count). The SMILES string of the molecule is Cc1cccc(NC(=O)NCC(C(=O)O)C(C)C)c1. The first-order valence-corrected chi connectivity index (χ1v) is 6.24. The molecule has 1 aromatic rings. The highest BCUT2D eigenvalue weighted by atomic mass is 16.4. The second kappa shape index (κ2) is 6.78. The van der Waals surface area contributed by atoms with Crippen LogP contribution in [0.2, 0.25) is 0 Å². The molecule has 0 saturated carbocycles. The zero-order valence-electron chi connectivity index (χ0n) is 11.4. The molecule has 1 unspecified atom stereocenters. The van der Waals surface area contributed by atoms with Gasteiger partial charge in [0.2, 0.25) is 0 Å². The Morgan fingerprint density at radius 2 is 2.00 bits per heavy atom. The first-order chi connectivity index (χ1) is 8.90. The van der Waals surface area contributed by atoms with E-state index >= 15 is 0 Å². The van der Waals surface area contributed by atoms with Crippen molar-refractivity contribution in [2.75, 3.05) is 11.9 Å². The molecule has 5 heteroatoms. The number of hydrogen-bond acceptors (Lipinski definition) is 2. The third-order valence-corrected chi connectivity index (χ3v) is 2.88. The van der Waals surface area contributed by atoms with Crippen LogP contribution in [0.3, 0.4) is 0 Å². The summed E-state index contributed by atoms with van der Waals surface area (Å²) >= 11 is 0. The van der Waals surface area contributed by atoms with Gasteiger partial charge in [-0.3, -0.25) is 4.79 Å². The fourth-order valence-electron chi connectivity index (χ4n) is 1.71. The number of aryl methyl sites for hydroxylation is 1. The number of carbonyl (C=O) groups excluding carboxylic acids is 1. The van der Waals surface area contributed by atoms with Gasteiger partial charge in [0, 0.05) is 12.2 Å². The quantitative estimate of drug-likeness (QED) is 0.764. The van der Waals surface area contributed by atoms with Crippen molar-refractivity contribution in [3.8, 4) is 0 Å². The largest absolute Gasteiger partial charge is 0.481 e. The van der Waals surface area contributed by atoms with E-state index in [2.05, 4.69) is 10.6 Å². The monoisotopic (exact) mass is 264 g/mol. The number of carbonyl (C=O) groups is 2. The minimum Gasteiger partial charge on any atom is -0.481 e. The lowest BCUT2D eigenvalue weighted by atomic mass is 9.96. The van der Waals surface area contributed by atoms with Crippen LogP contribution < -0.4 is 10.6 Å². The summed E-state index contributed by atoms with van der Waals surface area (Å²) in [5.41, 5.74) is 1.73. The fraction of sp³-hybridized carbons (Fsp3) is 0.429. The van der Waals surface area contributed by atoms with E-state index in [0.29, 0.717) is 5.69 Å². The molecule has 0 bridgehead atoms. The highest BCUT2D eigenvalue weighted by molar-refractivity contribution is 5.89. The van der Waals surface area contributed by atoms with Crippen molar-refractivity contribution in [1.82, 2.24) is 5.32 Å². The van der Waals surface area contributed by atoms with Crippen molar-refractivity contribution >= 4 is 17.7 Å². The molecule has 0 heterocycles. The van der Waals surface area contributed by atoms with E-state index in [1.807, 2.05) is 39.0 Å². The number of rotatable bonds is 5. The molecule has 104 valence electrons. The average molecular weight is 264 g/mol. The number of nitrogens with one attached hydrogen (secondary N) is 2. The Bertz CT molecular complexity index is 458. The summed E-state index contributed by atoms with van der Waals surface area (Å²) in [5, 5.41) is 14.3. The van der Waals surface area contributed by atoms with Gasteiger partial charge in [-0.15, -0.1) is 0 Å². The van der Waals surface area contributed by atoms with Crippen molar-refractivity contribution in [2.45, 2.75) is 20.8 Å². The molecule has 0 aliphatic carbocycles. The Morgan fingerprint density at radius 3 is 2.53 bits per heavy atom. The van der Waals surface area contributed by atoms with Crippen LogP contribution in [0.25, 0.3) is 0 Å². The second-order valence-corrected chi connectivity index (χ2v) is 4.89. The van der Waals surface area contributed by atoms with Crippen molar-refractivity contribution in [3.63, 3.8) is 0 Å². The predicted molar refractivity (Wildman–Crippen MR) is 74.2 cm³/mol. The van der Waals surface area contributed by atoms with E-state index in [0.717, 1.165) is 5.56 Å². The number of aliphatic carboxylic acids is 1. The summed E-state index contributed by atoms with van der Waals surface area (Å²) in [6.07, 6.45) is 0. The van der Waals surface area contributed by atoms with Gasteiger partial charge in [-0.25, -0.2) is 4.79 Å². The molecule has 0 saturated heterocycles. The summed E-state index contributed by atoms with van der Waals surface area (Å²) in [5.74, 6) is -1.51. The van der Waals surface area contributed by atoms with Crippen molar-refractivity contribution < 1.29 is 14.7 Å². The number of benzene rings is 1. The van der Waals surface area contributed by atoms with E-state index in [1.54, 1.807) is 6.07 Å². The molecule has 0 aliphatic heterocycles. The Balaban J connectivity index is 2.50. The number of urea groups is 1. The molecule has 0 aliphatic rings. The number of hydrogen-bond donors (Lipinski definition) is 3. The summed E-state index contributed by atoms with van der Waals surface area (Å²) in [7, 11) is 0. The number of carboxylic acid groups (broad SMARTS) is 1. The Hall–Kier alpha value is -2.04. The lowest BCUT2D eigenvalue weighted by Crippen LogP contribution is -2.37. The maximum atomic E-state index is 11.7. The van der Waals surface area contributed by atoms with E-state index in [9.17, 15) is 9.59 Å². The Morgan fingerprint density at radius 1 is 1.32 bits per heavy atom. The lowest BCUT2D eigenvalue weighted by Gasteiger charge is -2.17. The molecule has 19 heavy (non-hydrogen) atoms. The molecule has 1 atom stereocenters. The van der Waals surface area contributed by atoms with Crippen LogP contribution in [0.1, 0.15) is 19.4 Å². The second-order valence-electron chi connectivity index (χ2n) is 4.89. The van der Waals surface area contributed by atoms with Gasteiger partial charge in [-0.1, -0.05) is 26.0 Å². The summed E-state index contributed by atoms with van der Waals surface area (Å²) in [4.78, 5) is 22.6. The highest BCUT2D eigenvalue weighted by Crippen LogP contribution is 2.11. The zero-order chi connectivity index (χ0) is 14.4. The van der Waals surface area contributed by atoms with Gasteiger partial charge in [-0.05, 0) is 30.5 Å². The molecule has 5 nitrogen and oxygen atoms in total. The fourth-order valence-corrected chi connectivity index (χ4v) is 1.71. The first kappa shape index (κ1) is 15.0. The maximum Gasteiger partial charge on any atom is 0.319 e. The minimum absolute atomic E-state index is 0.0308. The predicted octanol–water partition coefficient (Wildman–Crippen LogP) is 2.47. The maximum absolute atomic E-state index is 11.7. The van der Waals surface area contributed by atoms with E-state index in [-0.39, 0.29) is 12.5 Å². The van der Waals surface area contributed by atoms with Gasteiger partial charge in [0.05, 0.1) is 5.92 Å². The minimum atomic E-state index is -0.897. The van der Waals surface area contributed by atoms with E-state index in [4.69, 9.17) is 5.11 Å². The summed E-state index contributed by atoms with van der Waals surface area (Å²) in [6, 6.07) is 7.01. The van der Waals surface area contributed by atoms with Gasteiger partial charge in [-0.2, -0.15) is 0 Å². The van der Waals surface area contributed by atoms with Crippen LogP contribution in [0.5, 0.6) is 0 Å². The van der Waals surface area contributed by atoms with Gasteiger partial charge >= 0.3 is 12.0 Å². The molecule has 3 N–H and O–H groups in total. The molecule has 0 aromatic heterocycles. The third kappa shape index (κ3) is 4.99. The molecular weight excluding hydrogens is 244 g/mol. The van der Waals surface area contributed by atoms with Crippen molar-refractivity contribution in [3.05, 3.63) is 29.8 Å². The smallest absolute Gasteiger partial charge is 0.319 e. The number of amides is 2. The zero-order valence-corrected chi connectivity index (χ0v) is 11.4. The van der Waals surface area contributed by atoms with Crippen molar-refractivity contribution in [2.24, 2.45) is 11.8 Å².